The Balaban J connectivity index is 1.49. The summed E-state index contributed by atoms with van der Waals surface area (Å²) in [7, 11) is 1.88. The summed E-state index contributed by atoms with van der Waals surface area (Å²) in [6.45, 7) is 16.3. The van der Waals surface area contributed by atoms with Crippen LogP contribution in [0.15, 0.2) is 95.1 Å². The minimum absolute atomic E-state index is 0.0237. The van der Waals surface area contributed by atoms with Crippen LogP contribution in [-0.4, -0.2) is 69.7 Å². The van der Waals surface area contributed by atoms with E-state index in [9.17, 15) is 4.79 Å². The van der Waals surface area contributed by atoms with Gasteiger partial charge in [0.2, 0.25) is 5.91 Å². The number of piperidine rings is 1. The highest BCUT2D eigenvalue weighted by molar-refractivity contribution is 6.31. The number of amides is 3. The average molecular weight is 787 g/mol. The summed E-state index contributed by atoms with van der Waals surface area (Å²) in [5.41, 5.74) is 2.68. The number of amidine groups is 1. The van der Waals surface area contributed by atoms with E-state index < -0.39 is 5.54 Å². The Labute approximate surface area is 338 Å². The Morgan fingerprint density at radius 3 is 2.29 bits per heavy atom. The van der Waals surface area contributed by atoms with E-state index in [2.05, 4.69) is 59.8 Å². The molecule has 2 heterocycles. The van der Waals surface area contributed by atoms with Crippen molar-refractivity contribution in [2.45, 2.75) is 97.7 Å². The number of aromatic nitrogens is 1. The Bertz CT molecular complexity index is 1880. The van der Waals surface area contributed by atoms with Crippen molar-refractivity contribution in [1.29, 1.82) is 0 Å². The van der Waals surface area contributed by atoms with Crippen LogP contribution in [0.3, 0.4) is 0 Å². The smallest absolute Gasteiger partial charge is 0.325 e. The van der Waals surface area contributed by atoms with Gasteiger partial charge in [-0.05, 0) is 82.2 Å². The topological polar surface area (TPSA) is 78.3 Å². The minimum atomic E-state index is -0.638. The van der Waals surface area contributed by atoms with E-state index in [1.165, 1.54) is 0 Å². The van der Waals surface area contributed by atoms with Crippen LogP contribution in [0.2, 0.25) is 5.02 Å². The zero-order valence-corrected chi connectivity index (χ0v) is 35.2. The fourth-order valence-electron chi connectivity index (χ4n) is 7.10. The summed E-state index contributed by atoms with van der Waals surface area (Å²) in [6, 6.07) is 19.5. The zero-order chi connectivity index (χ0) is 39.9. The zero-order valence-electron chi connectivity index (χ0n) is 33.7. The Hall–Kier alpha value is -4.14. The predicted molar refractivity (Wildman–Crippen MR) is 225 cm³/mol. The summed E-state index contributed by atoms with van der Waals surface area (Å²) in [6.07, 6.45) is 10.5. The lowest BCUT2D eigenvalue weighted by Gasteiger charge is -2.38. The van der Waals surface area contributed by atoms with Crippen molar-refractivity contribution in [3.05, 3.63) is 118 Å². The first-order chi connectivity index (χ1) is 26.1. The highest BCUT2D eigenvalue weighted by atomic mass is 35.5. The quantitative estimate of drug-likeness (QED) is 0.143. The lowest BCUT2D eigenvalue weighted by molar-refractivity contribution is -0.133. The molecule has 1 fully saturated rings. The second-order valence-corrected chi connectivity index (χ2v) is 17.2. The van der Waals surface area contributed by atoms with Crippen LogP contribution < -0.4 is 4.74 Å². The van der Waals surface area contributed by atoms with Crippen molar-refractivity contribution in [2.24, 2.45) is 16.8 Å². The van der Waals surface area contributed by atoms with E-state index >= 15 is 4.79 Å². The molecule has 0 N–H and O–H groups in total. The van der Waals surface area contributed by atoms with Crippen LogP contribution in [0.5, 0.6) is 5.75 Å². The molecule has 0 bridgehead atoms. The first kappa shape index (κ1) is 42.0. The van der Waals surface area contributed by atoms with Crippen LogP contribution >= 0.6 is 23.2 Å². The summed E-state index contributed by atoms with van der Waals surface area (Å²) in [5.74, 6) is 1.44. The second kappa shape index (κ2) is 18.2. The molecular weight excluding hydrogens is 729 g/mol. The molecule has 1 aromatic heterocycles. The molecule has 3 amide bonds. The molecule has 10 heteroatoms. The third-order valence-electron chi connectivity index (χ3n) is 10.9. The lowest BCUT2D eigenvalue weighted by Crippen LogP contribution is -2.50. The summed E-state index contributed by atoms with van der Waals surface area (Å²) in [5, 5.41) is 1.33. The maximum atomic E-state index is 15.0. The van der Waals surface area contributed by atoms with Gasteiger partial charge in [0.1, 0.15) is 11.6 Å². The molecule has 2 aromatic carbocycles. The number of carbonyl (C=O) groups excluding carboxylic acids is 2. The highest BCUT2D eigenvalue weighted by Crippen LogP contribution is 2.35. The molecule has 2 atom stereocenters. The normalized spacial score (nSPS) is 17.4. The van der Waals surface area contributed by atoms with E-state index in [4.69, 9.17) is 37.9 Å². The van der Waals surface area contributed by atoms with Gasteiger partial charge in [-0.15, -0.1) is 0 Å². The number of carbonyl (C=O) groups is 2. The first-order valence-electron chi connectivity index (χ1n) is 19.5. The van der Waals surface area contributed by atoms with Gasteiger partial charge in [-0.25, -0.2) is 4.79 Å². The van der Waals surface area contributed by atoms with Gasteiger partial charge in [-0.2, -0.15) is 0 Å². The number of benzene rings is 2. The van der Waals surface area contributed by atoms with Gasteiger partial charge in [-0.3, -0.25) is 19.7 Å². The molecule has 8 nitrogen and oxygen atoms in total. The van der Waals surface area contributed by atoms with E-state index in [1.807, 2.05) is 84.5 Å². The highest BCUT2D eigenvalue weighted by Gasteiger charge is 2.36. The van der Waals surface area contributed by atoms with Gasteiger partial charge < -0.3 is 14.5 Å². The molecule has 1 aliphatic heterocycles. The molecule has 2 aliphatic rings. The van der Waals surface area contributed by atoms with Crippen LogP contribution in [0, 0.1) is 11.8 Å². The van der Waals surface area contributed by atoms with Crippen LogP contribution in [0.25, 0.3) is 0 Å². The van der Waals surface area contributed by atoms with Crippen molar-refractivity contribution in [2.75, 3.05) is 26.7 Å². The van der Waals surface area contributed by atoms with Gasteiger partial charge >= 0.3 is 6.03 Å². The molecule has 0 saturated carbocycles. The Kier molecular flexibility index (Phi) is 13.9. The van der Waals surface area contributed by atoms with Crippen LogP contribution in [-0.2, 0) is 16.8 Å². The fourth-order valence-corrected chi connectivity index (χ4v) is 7.38. The number of hydrogen-bond donors (Lipinski definition) is 0. The number of urea groups is 1. The molecule has 1 aliphatic carbocycles. The van der Waals surface area contributed by atoms with Crippen molar-refractivity contribution < 1.29 is 14.3 Å². The third-order valence-corrected chi connectivity index (χ3v) is 11.4. The monoisotopic (exact) mass is 785 g/mol. The summed E-state index contributed by atoms with van der Waals surface area (Å²) in [4.78, 5) is 44.4. The number of allylic oxidation sites excluding steroid dienone is 3. The molecule has 1 unspecified atom stereocenters. The number of ether oxygens (including phenoxy) is 1. The van der Waals surface area contributed by atoms with Crippen molar-refractivity contribution in [3.63, 3.8) is 0 Å². The van der Waals surface area contributed by atoms with E-state index in [0.717, 1.165) is 36.1 Å². The lowest BCUT2D eigenvalue weighted by atomic mass is 9.83. The second-order valence-electron chi connectivity index (χ2n) is 16.3. The number of halogens is 2. The first-order valence-corrected chi connectivity index (χ1v) is 20.2. The summed E-state index contributed by atoms with van der Waals surface area (Å²) < 4.78 is 6.32. The molecule has 0 radical (unpaired) electrons. The van der Waals surface area contributed by atoms with E-state index in [1.54, 1.807) is 11.1 Å². The molecule has 0 spiro atoms. The van der Waals surface area contributed by atoms with E-state index in [-0.39, 0.29) is 41.8 Å². The standard InChI is InChI=1S/C45H57Cl2N5O3/c1-9-55-39-28-40(44(3,4)5)48-29-38(39)42(49-45(6,7)35-17-21-37(47)22-18-35)52(30-33-15-19-36(46)20-16-33)43(54)51-25-23-32(24-26-51)27-41(53)50(8)31(2)34-13-11-10-12-14-34/h10-17,19-22,28-29,31-32,35H,9,18,23-27,30H2,1-8H3/b49-42-/t31-,35?/m1/s1. The molecule has 294 valence electrons. The summed E-state index contributed by atoms with van der Waals surface area (Å²) >= 11 is 12.7. The molecule has 1 saturated heterocycles. The van der Waals surface area contributed by atoms with E-state index in [0.29, 0.717) is 53.3 Å². The van der Waals surface area contributed by atoms with Gasteiger partial charge in [0, 0.05) is 65.9 Å². The molecule has 55 heavy (non-hydrogen) atoms. The van der Waals surface area contributed by atoms with Crippen molar-refractivity contribution in [1.82, 2.24) is 19.7 Å². The minimum Gasteiger partial charge on any atom is -0.493 e. The third kappa shape index (κ3) is 10.8. The predicted octanol–water partition coefficient (Wildman–Crippen LogP) is 10.6. The molecule has 3 aromatic rings. The number of nitrogens with zero attached hydrogens (tertiary/aromatic N) is 5. The number of pyridine rings is 1. The number of hydrogen-bond acceptors (Lipinski definition) is 5. The van der Waals surface area contributed by atoms with Crippen LogP contribution in [0.4, 0.5) is 4.79 Å². The SMILES string of the molecule is CCOc1cc(C(C)(C)C)ncc1/C(=N/C(C)(C)C1C=CC(Cl)=CC1)N(Cc1ccc(Cl)cc1)C(=O)N1CCC(CC(=O)N(C)[C@H](C)c2ccccc2)CC1. The van der Waals surface area contributed by atoms with Crippen molar-refractivity contribution >= 4 is 41.0 Å². The van der Waals surface area contributed by atoms with Crippen molar-refractivity contribution in [3.8, 4) is 5.75 Å². The van der Waals surface area contributed by atoms with Gasteiger partial charge in [0.05, 0.1) is 30.3 Å². The van der Waals surface area contributed by atoms with Gasteiger partial charge in [0.25, 0.3) is 0 Å². The molecule has 5 rings (SSSR count). The maximum Gasteiger partial charge on any atom is 0.325 e. The Morgan fingerprint density at radius 1 is 1.02 bits per heavy atom. The number of aliphatic imine (C=N–C) groups is 1. The number of rotatable bonds is 11. The number of likely N-dealkylation sites (tertiary alicyclic amines) is 1. The maximum absolute atomic E-state index is 15.0. The van der Waals surface area contributed by atoms with Gasteiger partial charge in [-0.1, -0.05) is 98.6 Å². The Morgan fingerprint density at radius 2 is 1.69 bits per heavy atom. The molecular formula is C45H57Cl2N5O3. The van der Waals surface area contributed by atoms with Gasteiger partial charge in [0.15, 0.2) is 0 Å². The average Bonchev–Trinajstić information content (AvgIpc) is 3.16. The fraction of sp³-hybridized carbons (Fsp3) is 0.467. The van der Waals surface area contributed by atoms with Crippen LogP contribution in [0.1, 0.15) is 103 Å². The largest absolute Gasteiger partial charge is 0.493 e.